The molecule has 0 bridgehead atoms. The maximum Gasteiger partial charge on any atom is 0.191 e. The van der Waals surface area contributed by atoms with Gasteiger partial charge in [0.1, 0.15) is 0 Å². The second-order valence-corrected chi connectivity index (χ2v) is 7.52. The molecule has 5 nitrogen and oxygen atoms in total. The molecule has 1 heterocycles. The number of aliphatic hydroxyl groups excluding tert-OH is 1. The van der Waals surface area contributed by atoms with Crippen LogP contribution in [0.5, 0.6) is 0 Å². The summed E-state index contributed by atoms with van der Waals surface area (Å²) >= 11 is 0. The number of nitrogens with one attached hydrogen (secondary N) is 2. The number of piperidine rings is 1. The molecule has 0 radical (unpaired) electrons. The van der Waals surface area contributed by atoms with Gasteiger partial charge in [-0.1, -0.05) is 27.2 Å². The minimum atomic E-state index is 0. The standard InChI is InChI=1S/C19H40N4O.HI/c1-5-7-18(8-11-24)13-22-19(20-6-2)21-9-10-23-14-16(3)12-17(4)15-23;/h16-18,24H,5-15H2,1-4H3,(H2,20,21,22);1H. The van der Waals surface area contributed by atoms with Gasteiger partial charge in [0.15, 0.2) is 5.96 Å². The fraction of sp³-hybridized carbons (Fsp3) is 0.947. The van der Waals surface area contributed by atoms with E-state index in [-0.39, 0.29) is 30.6 Å². The monoisotopic (exact) mass is 468 g/mol. The minimum absolute atomic E-state index is 0. The van der Waals surface area contributed by atoms with Crippen molar-refractivity contribution in [3.63, 3.8) is 0 Å². The molecule has 3 N–H and O–H groups in total. The van der Waals surface area contributed by atoms with E-state index in [9.17, 15) is 5.11 Å². The highest BCUT2D eigenvalue weighted by atomic mass is 127. The fourth-order valence-corrected chi connectivity index (χ4v) is 3.79. The van der Waals surface area contributed by atoms with Gasteiger partial charge in [0.05, 0.1) is 0 Å². The smallest absolute Gasteiger partial charge is 0.191 e. The lowest BCUT2D eigenvalue weighted by Gasteiger charge is -2.35. The van der Waals surface area contributed by atoms with Crippen LogP contribution in [0.4, 0.5) is 0 Å². The first-order chi connectivity index (χ1) is 11.6. The minimum Gasteiger partial charge on any atom is -0.396 e. The lowest BCUT2D eigenvalue weighted by molar-refractivity contribution is 0.143. The van der Waals surface area contributed by atoms with Crippen molar-refractivity contribution in [1.29, 1.82) is 0 Å². The Kier molecular flexibility index (Phi) is 15.0. The molecule has 150 valence electrons. The van der Waals surface area contributed by atoms with Gasteiger partial charge in [-0.05, 0) is 43.9 Å². The molecule has 1 saturated heterocycles. The Morgan fingerprint density at radius 3 is 2.40 bits per heavy atom. The average molecular weight is 468 g/mol. The first kappa shape index (κ1) is 24.9. The van der Waals surface area contributed by atoms with Crippen molar-refractivity contribution in [3.05, 3.63) is 0 Å². The van der Waals surface area contributed by atoms with Gasteiger partial charge in [0, 0.05) is 45.9 Å². The zero-order chi connectivity index (χ0) is 17.8. The molecule has 0 aliphatic carbocycles. The van der Waals surface area contributed by atoms with Gasteiger partial charge in [-0.15, -0.1) is 24.0 Å². The summed E-state index contributed by atoms with van der Waals surface area (Å²) < 4.78 is 0. The van der Waals surface area contributed by atoms with Crippen LogP contribution in [0.25, 0.3) is 0 Å². The molecule has 3 atom stereocenters. The maximum atomic E-state index is 9.18. The lowest BCUT2D eigenvalue weighted by atomic mass is 9.92. The predicted molar refractivity (Wildman–Crippen MR) is 119 cm³/mol. The van der Waals surface area contributed by atoms with Crippen LogP contribution in [0.3, 0.4) is 0 Å². The third-order valence-electron chi connectivity index (χ3n) is 4.75. The van der Waals surface area contributed by atoms with Crippen LogP contribution in [0, 0.1) is 17.8 Å². The van der Waals surface area contributed by atoms with Gasteiger partial charge in [-0.2, -0.15) is 0 Å². The number of guanidine groups is 1. The predicted octanol–water partition coefficient (Wildman–Crippen LogP) is 2.94. The lowest BCUT2D eigenvalue weighted by Crippen LogP contribution is -2.45. The molecule has 0 aromatic carbocycles. The van der Waals surface area contributed by atoms with E-state index in [1.54, 1.807) is 0 Å². The molecule has 0 saturated carbocycles. The van der Waals surface area contributed by atoms with Crippen LogP contribution in [0.15, 0.2) is 4.99 Å². The molecule has 6 heteroatoms. The number of halogens is 1. The second kappa shape index (κ2) is 15.0. The van der Waals surface area contributed by atoms with Crippen LogP contribution >= 0.6 is 24.0 Å². The summed E-state index contributed by atoms with van der Waals surface area (Å²) in [5.41, 5.74) is 0. The van der Waals surface area contributed by atoms with Crippen LogP contribution in [0.1, 0.15) is 53.4 Å². The second-order valence-electron chi connectivity index (χ2n) is 7.52. The quantitative estimate of drug-likeness (QED) is 0.262. The Morgan fingerprint density at radius 2 is 1.84 bits per heavy atom. The molecule has 0 aromatic heterocycles. The number of likely N-dealkylation sites (tertiary alicyclic amines) is 1. The first-order valence-electron chi connectivity index (χ1n) is 9.94. The van der Waals surface area contributed by atoms with Gasteiger partial charge in [0.25, 0.3) is 0 Å². The van der Waals surface area contributed by atoms with E-state index < -0.39 is 0 Å². The van der Waals surface area contributed by atoms with E-state index in [1.165, 1.54) is 19.5 Å². The van der Waals surface area contributed by atoms with E-state index in [4.69, 9.17) is 4.99 Å². The molecular weight excluding hydrogens is 427 g/mol. The van der Waals surface area contributed by atoms with E-state index in [1.807, 2.05) is 0 Å². The summed E-state index contributed by atoms with van der Waals surface area (Å²) in [7, 11) is 0. The zero-order valence-electron chi connectivity index (χ0n) is 16.8. The topological polar surface area (TPSA) is 59.9 Å². The van der Waals surface area contributed by atoms with E-state index in [0.29, 0.717) is 5.92 Å². The summed E-state index contributed by atoms with van der Waals surface area (Å²) in [6, 6.07) is 0. The molecule has 1 aliphatic heterocycles. The molecule has 3 unspecified atom stereocenters. The number of hydrogen-bond donors (Lipinski definition) is 3. The normalized spacial score (nSPS) is 23.0. The van der Waals surface area contributed by atoms with Crippen molar-refractivity contribution in [2.45, 2.75) is 53.4 Å². The highest BCUT2D eigenvalue weighted by molar-refractivity contribution is 14.0. The van der Waals surface area contributed by atoms with Crippen molar-refractivity contribution >= 4 is 29.9 Å². The number of hydrogen-bond acceptors (Lipinski definition) is 3. The van der Waals surface area contributed by atoms with E-state index in [0.717, 1.165) is 63.2 Å². The molecule has 0 aromatic rings. The van der Waals surface area contributed by atoms with Gasteiger partial charge in [-0.3, -0.25) is 4.99 Å². The third kappa shape index (κ3) is 11.3. The van der Waals surface area contributed by atoms with Gasteiger partial charge in [-0.25, -0.2) is 0 Å². The third-order valence-corrected chi connectivity index (χ3v) is 4.75. The molecule has 1 aliphatic rings. The van der Waals surface area contributed by atoms with Crippen molar-refractivity contribution in [3.8, 4) is 0 Å². The van der Waals surface area contributed by atoms with Gasteiger partial charge >= 0.3 is 0 Å². The average Bonchev–Trinajstić information content (AvgIpc) is 2.52. The highest BCUT2D eigenvalue weighted by Gasteiger charge is 2.21. The van der Waals surface area contributed by atoms with Gasteiger partial charge in [0.2, 0.25) is 0 Å². The summed E-state index contributed by atoms with van der Waals surface area (Å²) in [6.07, 6.45) is 4.49. The molecule has 0 amide bonds. The van der Waals surface area contributed by atoms with Gasteiger partial charge < -0.3 is 20.6 Å². The molecule has 1 fully saturated rings. The van der Waals surface area contributed by atoms with Crippen LogP contribution in [0.2, 0.25) is 0 Å². The highest BCUT2D eigenvalue weighted by Crippen LogP contribution is 2.20. The number of aliphatic hydroxyl groups is 1. The van der Waals surface area contributed by atoms with Crippen LogP contribution < -0.4 is 10.6 Å². The fourth-order valence-electron chi connectivity index (χ4n) is 3.79. The Bertz CT molecular complexity index is 338. The van der Waals surface area contributed by atoms with Crippen LogP contribution in [-0.4, -0.2) is 61.8 Å². The molecule has 0 spiro atoms. The number of aliphatic imine (C=N–C) groups is 1. The zero-order valence-corrected chi connectivity index (χ0v) is 19.1. The Balaban J connectivity index is 0.00000576. The Labute approximate surface area is 172 Å². The molecule has 25 heavy (non-hydrogen) atoms. The molecular formula is C19H41IN4O. The summed E-state index contributed by atoms with van der Waals surface area (Å²) in [6.45, 7) is 15.4. The number of nitrogens with zero attached hydrogens (tertiary/aromatic N) is 2. The van der Waals surface area contributed by atoms with Crippen molar-refractivity contribution in [2.24, 2.45) is 22.7 Å². The largest absolute Gasteiger partial charge is 0.396 e. The van der Waals surface area contributed by atoms with E-state index in [2.05, 4.69) is 43.2 Å². The summed E-state index contributed by atoms with van der Waals surface area (Å²) in [4.78, 5) is 7.30. The van der Waals surface area contributed by atoms with Crippen molar-refractivity contribution in [1.82, 2.24) is 15.5 Å². The summed E-state index contributed by atoms with van der Waals surface area (Å²) in [5.74, 6) is 3.02. The number of rotatable bonds is 10. The first-order valence-corrected chi connectivity index (χ1v) is 9.94. The SMILES string of the molecule is CCCC(CCO)CN=C(NCC)NCCN1CC(C)CC(C)C1.I. The van der Waals surface area contributed by atoms with Crippen molar-refractivity contribution in [2.75, 3.05) is 45.9 Å². The van der Waals surface area contributed by atoms with Crippen LogP contribution in [-0.2, 0) is 0 Å². The molecule has 1 rings (SSSR count). The maximum absolute atomic E-state index is 9.18. The van der Waals surface area contributed by atoms with E-state index >= 15 is 0 Å². The Morgan fingerprint density at radius 1 is 1.16 bits per heavy atom. The Hall–Kier alpha value is -0.0800. The van der Waals surface area contributed by atoms with Crippen molar-refractivity contribution < 1.29 is 5.11 Å². The summed E-state index contributed by atoms with van der Waals surface area (Å²) in [5, 5.41) is 16.0.